The second kappa shape index (κ2) is 6.25. The number of benzene rings is 2. The molecule has 0 atom stereocenters. The van der Waals surface area contributed by atoms with Gasteiger partial charge in [-0.25, -0.2) is 0 Å². The van der Waals surface area contributed by atoms with Gasteiger partial charge in [0.05, 0.1) is 0 Å². The van der Waals surface area contributed by atoms with Gasteiger partial charge in [-0.3, -0.25) is 0 Å². The number of nitrogens with zero attached hydrogens (tertiary/aromatic N) is 1. The van der Waals surface area contributed by atoms with E-state index in [1.54, 1.807) is 0 Å². The fraction of sp³-hybridized carbons (Fsp3) is 0.158. The van der Waals surface area contributed by atoms with Gasteiger partial charge >= 0.3 is 0 Å². The third kappa shape index (κ3) is 3.00. The Morgan fingerprint density at radius 3 is 2.20 bits per heavy atom. The van der Waals surface area contributed by atoms with Crippen LogP contribution in [0, 0.1) is 6.92 Å². The highest BCUT2D eigenvalue weighted by Crippen LogP contribution is 2.27. The number of aryl methyl sites for hydroxylation is 1. The van der Waals surface area contributed by atoms with Gasteiger partial charge in [-0.15, -0.1) is 0 Å². The Morgan fingerprint density at radius 2 is 1.65 bits per heavy atom. The molecule has 0 fully saturated rings. The van der Waals surface area contributed by atoms with E-state index in [2.05, 4.69) is 87.1 Å². The first kappa shape index (κ1) is 14.1. The van der Waals surface area contributed by atoms with Crippen LogP contribution in [0.2, 0.25) is 0 Å². The first-order valence-electron chi connectivity index (χ1n) is 6.80. The van der Waals surface area contributed by atoms with E-state index >= 15 is 0 Å². The normalized spacial score (nSPS) is 11.2. The predicted octanol–water partition coefficient (Wildman–Crippen LogP) is 4.68. The number of allylic oxidation sites excluding steroid dienone is 2. The van der Waals surface area contributed by atoms with Crippen LogP contribution < -0.4 is 4.90 Å². The number of anilines is 1. The van der Waals surface area contributed by atoms with E-state index in [1.165, 1.54) is 28.0 Å². The molecule has 0 radical (unpaired) electrons. The molecule has 0 amide bonds. The minimum atomic E-state index is 1.21. The number of hydrogen-bond donors (Lipinski definition) is 0. The molecule has 1 heteroatoms. The molecule has 0 aliphatic heterocycles. The van der Waals surface area contributed by atoms with Crippen LogP contribution in [-0.2, 0) is 0 Å². The fourth-order valence-corrected chi connectivity index (χ4v) is 2.27. The minimum absolute atomic E-state index is 1.21. The van der Waals surface area contributed by atoms with Crippen molar-refractivity contribution in [1.29, 1.82) is 0 Å². The third-order valence-electron chi connectivity index (χ3n) is 3.41. The van der Waals surface area contributed by atoms with Crippen molar-refractivity contribution in [2.24, 2.45) is 0 Å². The van der Waals surface area contributed by atoms with Crippen LogP contribution in [-0.4, -0.2) is 14.1 Å². The summed E-state index contributed by atoms with van der Waals surface area (Å²) in [6.45, 7) is 5.98. The van der Waals surface area contributed by atoms with E-state index in [9.17, 15) is 0 Å². The molecular weight excluding hydrogens is 242 g/mol. The summed E-state index contributed by atoms with van der Waals surface area (Å²) in [6.07, 6.45) is 3.93. The Morgan fingerprint density at radius 1 is 1.00 bits per heavy atom. The molecule has 2 aromatic carbocycles. The summed E-state index contributed by atoms with van der Waals surface area (Å²) < 4.78 is 0. The van der Waals surface area contributed by atoms with Crippen LogP contribution in [0.25, 0.3) is 5.57 Å². The highest BCUT2D eigenvalue weighted by Gasteiger charge is 2.07. The van der Waals surface area contributed by atoms with Gasteiger partial charge in [0, 0.05) is 19.8 Å². The van der Waals surface area contributed by atoms with E-state index in [0.29, 0.717) is 0 Å². The average Bonchev–Trinajstić information content (AvgIpc) is 2.46. The zero-order valence-electron chi connectivity index (χ0n) is 12.4. The number of rotatable bonds is 4. The Hall–Kier alpha value is -2.28. The largest absolute Gasteiger partial charge is 0.378 e. The molecule has 1 nitrogen and oxygen atoms in total. The van der Waals surface area contributed by atoms with Crippen molar-refractivity contribution in [3.63, 3.8) is 0 Å². The molecule has 0 aliphatic rings. The van der Waals surface area contributed by atoms with Crippen LogP contribution in [0.4, 0.5) is 5.69 Å². The van der Waals surface area contributed by atoms with Crippen LogP contribution in [0.15, 0.2) is 67.3 Å². The molecule has 102 valence electrons. The van der Waals surface area contributed by atoms with Crippen molar-refractivity contribution in [3.05, 3.63) is 84.0 Å². The lowest BCUT2D eigenvalue weighted by Gasteiger charge is -2.15. The highest BCUT2D eigenvalue weighted by atomic mass is 15.1. The highest BCUT2D eigenvalue weighted by molar-refractivity contribution is 5.82. The van der Waals surface area contributed by atoms with Gasteiger partial charge in [0.2, 0.25) is 0 Å². The van der Waals surface area contributed by atoms with Gasteiger partial charge in [0.25, 0.3) is 0 Å². The quantitative estimate of drug-likeness (QED) is 0.724. The molecule has 0 saturated heterocycles. The molecule has 0 heterocycles. The average molecular weight is 263 g/mol. The Balaban J connectivity index is 2.47. The van der Waals surface area contributed by atoms with E-state index in [-0.39, 0.29) is 0 Å². The SMILES string of the molecule is C=CC=C(c1ccc(N(C)C)cc1)c1ccccc1C. The maximum absolute atomic E-state index is 3.84. The molecule has 0 aliphatic carbocycles. The maximum Gasteiger partial charge on any atom is 0.0361 e. The zero-order valence-corrected chi connectivity index (χ0v) is 12.4. The minimum Gasteiger partial charge on any atom is -0.378 e. The molecule has 0 aromatic heterocycles. The van der Waals surface area contributed by atoms with Gasteiger partial charge < -0.3 is 4.90 Å². The van der Waals surface area contributed by atoms with Crippen molar-refractivity contribution in [1.82, 2.24) is 0 Å². The fourth-order valence-electron chi connectivity index (χ4n) is 2.27. The third-order valence-corrected chi connectivity index (χ3v) is 3.41. The summed E-state index contributed by atoms with van der Waals surface area (Å²) in [4.78, 5) is 2.11. The Kier molecular flexibility index (Phi) is 4.41. The predicted molar refractivity (Wildman–Crippen MR) is 89.2 cm³/mol. The van der Waals surface area contributed by atoms with Crippen molar-refractivity contribution in [3.8, 4) is 0 Å². The summed E-state index contributed by atoms with van der Waals surface area (Å²) in [7, 11) is 4.10. The van der Waals surface area contributed by atoms with Crippen LogP contribution in [0.3, 0.4) is 0 Å². The van der Waals surface area contributed by atoms with Crippen molar-refractivity contribution >= 4 is 11.3 Å². The lowest BCUT2D eigenvalue weighted by atomic mass is 9.94. The zero-order chi connectivity index (χ0) is 14.5. The molecule has 2 aromatic rings. The molecule has 0 spiro atoms. The summed E-state index contributed by atoms with van der Waals surface area (Å²) in [6, 6.07) is 17.1. The summed E-state index contributed by atoms with van der Waals surface area (Å²) in [5.41, 5.74) is 6.16. The Bertz CT molecular complexity index is 618. The molecule has 2 rings (SSSR count). The molecular formula is C19H21N. The summed E-state index contributed by atoms with van der Waals surface area (Å²) in [5, 5.41) is 0. The van der Waals surface area contributed by atoms with Crippen molar-refractivity contribution < 1.29 is 0 Å². The van der Waals surface area contributed by atoms with Gasteiger partial charge in [-0.2, -0.15) is 0 Å². The molecule has 20 heavy (non-hydrogen) atoms. The van der Waals surface area contributed by atoms with E-state index in [1.807, 2.05) is 6.08 Å². The first-order valence-corrected chi connectivity index (χ1v) is 6.80. The monoisotopic (exact) mass is 263 g/mol. The lowest BCUT2D eigenvalue weighted by molar-refractivity contribution is 1.13. The van der Waals surface area contributed by atoms with Gasteiger partial charge in [0.15, 0.2) is 0 Å². The van der Waals surface area contributed by atoms with Crippen LogP contribution in [0.5, 0.6) is 0 Å². The second-order valence-corrected chi connectivity index (χ2v) is 5.07. The topological polar surface area (TPSA) is 3.24 Å². The lowest BCUT2D eigenvalue weighted by Crippen LogP contribution is -2.08. The molecule has 0 saturated carbocycles. The smallest absolute Gasteiger partial charge is 0.0361 e. The molecule has 0 unspecified atom stereocenters. The van der Waals surface area contributed by atoms with Crippen LogP contribution in [0.1, 0.15) is 16.7 Å². The molecule has 0 N–H and O–H groups in total. The van der Waals surface area contributed by atoms with Crippen LogP contribution >= 0.6 is 0 Å². The maximum atomic E-state index is 3.84. The second-order valence-electron chi connectivity index (χ2n) is 5.07. The van der Waals surface area contributed by atoms with E-state index < -0.39 is 0 Å². The first-order chi connectivity index (χ1) is 9.63. The Labute approximate surface area is 121 Å². The summed E-state index contributed by atoms with van der Waals surface area (Å²) >= 11 is 0. The van der Waals surface area contributed by atoms with E-state index in [0.717, 1.165) is 0 Å². The molecule has 0 bridgehead atoms. The van der Waals surface area contributed by atoms with Gasteiger partial charge in [0.1, 0.15) is 0 Å². The standard InChI is InChI=1S/C19H21N/c1-5-8-19(18-10-7-6-9-15(18)2)16-11-13-17(14-12-16)20(3)4/h5-14H,1H2,2-4H3. The van der Waals surface area contributed by atoms with Crippen molar-refractivity contribution in [2.45, 2.75) is 6.92 Å². The number of hydrogen-bond acceptors (Lipinski definition) is 1. The van der Waals surface area contributed by atoms with Gasteiger partial charge in [-0.05, 0) is 41.3 Å². The summed E-state index contributed by atoms with van der Waals surface area (Å²) in [5.74, 6) is 0. The van der Waals surface area contributed by atoms with Gasteiger partial charge in [-0.1, -0.05) is 55.1 Å². The van der Waals surface area contributed by atoms with Crippen molar-refractivity contribution in [2.75, 3.05) is 19.0 Å². The van der Waals surface area contributed by atoms with E-state index in [4.69, 9.17) is 0 Å².